The molecule has 24 heavy (non-hydrogen) atoms. The summed E-state index contributed by atoms with van der Waals surface area (Å²) in [5.74, 6) is 0.192. The van der Waals surface area contributed by atoms with Crippen molar-refractivity contribution in [2.24, 2.45) is 0 Å². The summed E-state index contributed by atoms with van der Waals surface area (Å²) >= 11 is 0. The number of anilines is 1. The topological polar surface area (TPSA) is 23.6 Å². The Balaban J connectivity index is 2.33. The highest BCUT2D eigenvalue weighted by Crippen LogP contribution is 2.30. The first kappa shape index (κ1) is 18.5. The van der Waals surface area contributed by atoms with Crippen LogP contribution < -0.4 is 4.90 Å². The van der Waals surface area contributed by atoms with Crippen molar-refractivity contribution < 1.29 is 4.79 Å². The molecule has 1 aliphatic rings. The van der Waals surface area contributed by atoms with E-state index in [1.54, 1.807) is 0 Å². The van der Waals surface area contributed by atoms with Gasteiger partial charge in [0, 0.05) is 24.3 Å². The van der Waals surface area contributed by atoms with Crippen molar-refractivity contribution in [3.05, 3.63) is 54.1 Å². The van der Waals surface area contributed by atoms with Crippen molar-refractivity contribution >= 4 is 11.5 Å². The molecular formula is C21H30N2O. The van der Waals surface area contributed by atoms with Crippen molar-refractivity contribution in [3.8, 4) is 0 Å². The van der Waals surface area contributed by atoms with Gasteiger partial charge in [0.15, 0.2) is 5.78 Å². The number of benzene rings is 1. The number of allylic oxidation sites excluding steroid dienone is 2. The number of rotatable bonds is 8. The van der Waals surface area contributed by atoms with Gasteiger partial charge in [0.05, 0.1) is 0 Å². The van der Waals surface area contributed by atoms with Gasteiger partial charge in [-0.05, 0) is 57.6 Å². The van der Waals surface area contributed by atoms with Crippen molar-refractivity contribution in [1.29, 1.82) is 0 Å². The molecule has 1 atom stereocenters. The smallest absolute Gasteiger partial charge is 0.187 e. The van der Waals surface area contributed by atoms with E-state index in [9.17, 15) is 4.79 Å². The molecule has 0 aliphatic heterocycles. The summed E-state index contributed by atoms with van der Waals surface area (Å²) < 4.78 is 0. The van der Waals surface area contributed by atoms with Crippen LogP contribution in [0.2, 0.25) is 0 Å². The largest absolute Gasteiger partial charge is 0.372 e. The molecule has 0 saturated heterocycles. The third-order valence-corrected chi connectivity index (χ3v) is 5.03. The monoisotopic (exact) mass is 326 g/mol. The fourth-order valence-electron chi connectivity index (χ4n) is 3.61. The van der Waals surface area contributed by atoms with Crippen LogP contribution in [0, 0.1) is 0 Å². The average Bonchev–Trinajstić information content (AvgIpc) is 2.64. The van der Waals surface area contributed by atoms with Crippen molar-refractivity contribution in [1.82, 2.24) is 4.90 Å². The first-order valence-electron chi connectivity index (χ1n) is 9.12. The summed E-state index contributed by atoms with van der Waals surface area (Å²) in [5, 5.41) is 0. The predicted molar refractivity (Wildman–Crippen MR) is 103 cm³/mol. The van der Waals surface area contributed by atoms with Crippen molar-refractivity contribution in [2.75, 3.05) is 31.1 Å². The van der Waals surface area contributed by atoms with Gasteiger partial charge in [-0.1, -0.05) is 38.2 Å². The van der Waals surface area contributed by atoms with E-state index in [0.717, 1.165) is 38.2 Å². The molecule has 0 fully saturated rings. The lowest BCUT2D eigenvalue weighted by atomic mass is 9.81. The van der Waals surface area contributed by atoms with E-state index in [1.165, 1.54) is 5.69 Å². The molecule has 2 rings (SSSR count). The average molecular weight is 326 g/mol. The zero-order chi connectivity index (χ0) is 17.6. The Kier molecular flexibility index (Phi) is 6.38. The minimum Gasteiger partial charge on any atom is -0.372 e. The summed E-state index contributed by atoms with van der Waals surface area (Å²) in [4.78, 5) is 17.9. The van der Waals surface area contributed by atoms with Gasteiger partial charge in [0.25, 0.3) is 0 Å². The first-order chi connectivity index (χ1) is 11.6. The molecule has 1 aromatic carbocycles. The number of likely N-dealkylation sites (N-methyl/N-ethyl adjacent to an activating group) is 1. The molecular weight excluding hydrogens is 296 g/mol. The van der Waals surface area contributed by atoms with Crippen LogP contribution >= 0.6 is 0 Å². The highest BCUT2D eigenvalue weighted by Gasteiger charge is 2.40. The van der Waals surface area contributed by atoms with E-state index in [2.05, 4.69) is 61.8 Å². The Hall–Kier alpha value is -1.87. The van der Waals surface area contributed by atoms with E-state index in [4.69, 9.17) is 0 Å². The Bertz CT molecular complexity index is 595. The van der Waals surface area contributed by atoms with Crippen molar-refractivity contribution in [2.45, 2.75) is 39.7 Å². The minimum atomic E-state index is -0.547. The molecule has 1 unspecified atom stereocenters. The molecule has 0 aromatic heterocycles. The Morgan fingerprint density at radius 1 is 0.958 bits per heavy atom. The molecule has 1 aromatic rings. The molecule has 3 heteroatoms. The van der Waals surface area contributed by atoms with Crippen LogP contribution in [-0.2, 0) is 0 Å². The van der Waals surface area contributed by atoms with Gasteiger partial charge >= 0.3 is 0 Å². The summed E-state index contributed by atoms with van der Waals surface area (Å²) in [6.07, 6.45) is 8.94. The van der Waals surface area contributed by atoms with Gasteiger partial charge in [-0.15, -0.1) is 0 Å². The maximum Gasteiger partial charge on any atom is 0.187 e. The van der Waals surface area contributed by atoms with Crippen LogP contribution in [0.5, 0.6) is 0 Å². The molecule has 0 N–H and O–H groups in total. The second-order valence-corrected chi connectivity index (χ2v) is 6.14. The van der Waals surface area contributed by atoms with E-state index in [-0.39, 0.29) is 5.78 Å². The number of ketones is 1. The number of hydrogen-bond acceptors (Lipinski definition) is 3. The maximum atomic E-state index is 13.4. The maximum absolute atomic E-state index is 13.4. The Labute approximate surface area is 146 Å². The fourth-order valence-corrected chi connectivity index (χ4v) is 3.61. The molecule has 0 amide bonds. The highest BCUT2D eigenvalue weighted by molar-refractivity contribution is 6.05. The van der Waals surface area contributed by atoms with Gasteiger partial charge in [0.1, 0.15) is 5.54 Å². The van der Waals surface area contributed by atoms with Crippen LogP contribution in [-0.4, -0.2) is 42.4 Å². The molecule has 0 bridgehead atoms. The summed E-state index contributed by atoms with van der Waals surface area (Å²) in [7, 11) is 0. The predicted octanol–water partition coefficient (Wildman–Crippen LogP) is 4.31. The second kappa shape index (κ2) is 8.29. The van der Waals surface area contributed by atoms with E-state index in [0.29, 0.717) is 0 Å². The lowest BCUT2D eigenvalue weighted by Gasteiger charge is -2.40. The standard InChI is InChI=1S/C21H30N2O/c1-5-22(6-2)19-14-12-18(13-15-19)20(24)21(23(7-3)8-4)16-10-9-11-17-21/h9-16H,5-8,17H2,1-4H3. The molecule has 0 spiro atoms. The van der Waals surface area contributed by atoms with E-state index in [1.807, 2.05) is 24.3 Å². The van der Waals surface area contributed by atoms with Gasteiger partial charge < -0.3 is 4.90 Å². The molecule has 130 valence electrons. The molecule has 0 radical (unpaired) electrons. The number of Topliss-reactive ketones (excluding diaryl/α,β-unsaturated/α-hetero) is 1. The molecule has 1 aliphatic carbocycles. The van der Waals surface area contributed by atoms with E-state index >= 15 is 0 Å². The molecule has 0 saturated carbocycles. The first-order valence-corrected chi connectivity index (χ1v) is 9.12. The summed E-state index contributed by atoms with van der Waals surface area (Å²) in [6.45, 7) is 12.2. The second-order valence-electron chi connectivity index (χ2n) is 6.14. The normalized spacial score (nSPS) is 19.7. The van der Waals surface area contributed by atoms with E-state index < -0.39 is 5.54 Å². The SMILES string of the molecule is CCN(CC)c1ccc(C(=O)C2(N(CC)CC)C=CC=CC2)cc1. The van der Waals surface area contributed by atoms with Gasteiger partial charge in [0.2, 0.25) is 0 Å². The minimum absolute atomic E-state index is 0.192. The molecule has 3 nitrogen and oxygen atoms in total. The Morgan fingerprint density at radius 2 is 1.58 bits per heavy atom. The van der Waals surface area contributed by atoms with Crippen LogP contribution in [0.4, 0.5) is 5.69 Å². The number of hydrogen-bond donors (Lipinski definition) is 0. The highest BCUT2D eigenvalue weighted by atomic mass is 16.1. The van der Waals surface area contributed by atoms with Gasteiger partial charge in [-0.3, -0.25) is 9.69 Å². The van der Waals surface area contributed by atoms with Crippen LogP contribution in [0.1, 0.15) is 44.5 Å². The van der Waals surface area contributed by atoms with Crippen LogP contribution in [0.3, 0.4) is 0 Å². The Morgan fingerprint density at radius 3 is 2.04 bits per heavy atom. The van der Waals surface area contributed by atoms with Crippen LogP contribution in [0.25, 0.3) is 0 Å². The fraction of sp³-hybridized carbons (Fsp3) is 0.476. The third-order valence-electron chi connectivity index (χ3n) is 5.03. The number of carbonyl (C=O) groups excluding carboxylic acids is 1. The molecule has 0 heterocycles. The zero-order valence-corrected chi connectivity index (χ0v) is 15.5. The summed E-state index contributed by atoms with van der Waals surface area (Å²) in [6, 6.07) is 8.10. The number of nitrogens with zero attached hydrogens (tertiary/aromatic N) is 2. The lowest BCUT2D eigenvalue weighted by Crippen LogP contribution is -2.53. The van der Waals surface area contributed by atoms with Crippen molar-refractivity contribution in [3.63, 3.8) is 0 Å². The third kappa shape index (κ3) is 3.46. The number of carbonyl (C=O) groups is 1. The van der Waals surface area contributed by atoms with Crippen LogP contribution in [0.15, 0.2) is 48.6 Å². The lowest BCUT2D eigenvalue weighted by molar-refractivity contribution is 0.0697. The zero-order valence-electron chi connectivity index (χ0n) is 15.5. The van der Waals surface area contributed by atoms with Gasteiger partial charge in [-0.2, -0.15) is 0 Å². The van der Waals surface area contributed by atoms with Gasteiger partial charge in [-0.25, -0.2) is 0 Å². The quantitative estimate of drug-likeness (QED) is 0.665. The summed E-state index contributed by atoms with van der Waals surface area (Å²) in [5.41, 5.74) is 1.42.